The fourth-order valence-corrected chi connectivity index (χ4v) is 0.0250. The van der Waals surface area contributed by atoms with Crippen molar-refractivity contribution in [2.45, 2.75) is 0 Å². The first-order chi connectivity index (χ1) is 2.81. The standard InChI is InChI=1S/CH2N4S/c2-4-1(6)5-3/h2-3H. The van der Waals surface area contributed by atoms with Gasteiger partial charge in [0.2, 0.25) is 0 Å². The molecule has 0 spiro atoms. The van der Waals surface area contributed by atoms with Crippen LogP contribution < -0.4 is 0 Å². The van der Waals surface area contributed by atoms with Gasteiger partial charge in [-0.25, -0.2) is 11.1 Å². The van der Waals surface area contributed by atoms with Gasteiger partial charge >= 0.3 is 0 Å². The number of nitrogens with zero attached hydrogens (tertiary/aromatic N) is 2. The molecule has 0 aromatic heterocycles. The van der Waals surface area contributed by atoms with Gasteiger partial charge in [0, 0.05) is 0 Å². The number of nitrogens with one attached hydrogen (secondary N) is 2. The van der Waals surface area contributed by atoms with Gasteiger partial charge in [0.15, 0.2) is 0 Å². The maximum atomic E-state index is 6.08. The molecule has 0 bridgehead atoms. The molecule has 0 fully saturated rings. The Labute approximate surface area is 39.6 Å². The molecular formula is CH2N4S. The molecule has 0 aliphatic heterocycles. The second-order valence-electron chi connectivity index (χ2n) is 0.506. The molecule has 2 N–H and O–H groups in total. The van der Waals surface area contributed by atoms with Crippen LogP contribution in [-0.2, 0) is 0 Å². The minimum Gasteiger partial charge on any atom is -0.202 e. The highest BCUT2D eigenvalue weighted by Crippen LogP contribution is 1.75. The minimum atomic E-state index is -0.241. The third kappa shape index (κ3) is 1.59. The highest BCUT2D eigenvalue weighted by atomic mass is 32.1. The predicted octanol–water partition coefficient (Wildman–Crippen LogP) is 1.33. The van der Waals surface area contributed by atoms with Gasteiger partial charge in [0.05, 0.1) is 0 Å². The van der Waals surface area contributed by atoms with Crippen LogP contribution >= 0.6 is 12.2 Å². The normalized spacial score (nSPS) is 6.67. The smallest absolute Gasteiger partial charge is 0.202 e. The molecule has 0 rings (SSSR count). The van der Waals surface area contributed by atoms with Crippen molar-refractivity contribution in [2.75, 3.05) is 0 Å². The molecular weight excluding hydrogens is 100 g/mol. The molecule has 6 heavy (non-hydrogen) atoms. The molecule has 0 unspecified atom stereocenters. The number of rotatable bonds is 0. The van der Waals surface area contributed by atoms with E-state index in [4.69, 9.17) is 11.1 Å². The van der Waals surface area contributed by atoms with Crippen molar-refractivity contribution in [3.63, 3.8) is 0 Å². The monoisotopic (exact) mass is 102 g/mol. The molecule has 0 heterocycles. The van der Waals surface area contributed by atoms with E-state index in [-0.39, 0.29) is 5.11 Å². The Morgan fingerprint density at radius 2 is 1.67 bits per heavy atom. The highest BCUT2D eigenvalue weighted by Gasteiger charge is 1.76. The lowest BCUT2D eigenvalue weighted by Crippen LogP contribution is -1.72. The number of thiocarbonyl (C=S) groups is 1. The van der Waals surface area contributed by atoms with E-state index < -0.39 is 0 Å². The highest BCUT2D eigenvalue weighted by molar-refractivity contribution is 7.80. The van der Waals surface area contributed by atoms with Crippen LogP contribution in [0.25, 0.3) is 0 Å². The first kappa shape index (κ1) is 5.29. The van der Waals surface area contributed by atoms with Gasteiger partial charge < -0.3 is 0 Å². The topological polar surface area (TPSA) is 72.4 Å². The zero-order valence-corrected chi connectivity index (χ0v) is 3.62. The molecule has 5 heteroatoms. The van der Waals surface area contributed by atoms with Crippen molar-refractivity contribution < 1.29 is 0 Å². The van der Waals surface area contributed by atoms with Crippen molar-refractivity contribution in [2.24, 2.45) is 10.2 Å². The molecule has 0 saturated heterocycles. The quantitative estimate of drug-likeness (QED) is 0.351. The molecule has 0 atom stereocenters. The molecule has 0 aromatic rings. The SMILES string of the molecule is N=NC(=S)N=N. The van der Waals surface area contributed by atoms with Gasteiger partial charge in [-0.1, -0.05) is 0 Å². The van der Waals surface area contributed by atoms with Crippen LogP contribution in [0.4, 0.5) is 0 Å². The maximum absolute atomic E-state index is 6.08. The summed E-state index contributed by atoms with van der Waals surface area (Å²) in [5.41, 5.74) is 12.2. The summed E-state index contributed by atoms with van der Waals surface area (Å²) >= 11 is 4.15. The molecule has 4 nitrogen and oxygen atoms in total. The summed E-state index contributed by atoms with van der Waals surface area (Å²) in [4.78, 5) is 0. The van der Waals surface area contributed by atoms with Crippen molar-refractivity contribution in [1.82, 2.24) is 0 Å². The van der Waals surface area contributed by atoms with Gasteiger partial charge in [-0.05, 0) is 12.2 Å². The fraction of sp³-hybridized carbons (Fsp3) is 0. The van der Waals surface area contributed by atoms with Crippen LogP contribution in [0.3, 0.4) is 0 Å². The lowest BCUT2D eigenvalue weighted by molar-refractivity contribution is 1.12. The van der Waals surface area contributed by atoms with Crippen LogP contribution in [0.5, 0.6) is 0 Å². The average molecular weight is 102 g/mol. The zero-order chi connectivity index (χ0) is 4.99. The van der Waals surface area contributed by atoms with Crippen LogP contribution in [-0.4, -0.2) is 5.11 Å². The summed E-state index contributed by atoms with van der Waals surface area (Å²) in [6, 6.07) is 0. The Morgan fingerprint density at radius 1 is 1.33 bits per heavy atom. The molecule has 0 amide bonds. The zero-order valence-electron chi connectivity index (χ0n) is 2.80. The van der Waals surface area contributed by atoms with Crippen molar-refractivity contribution in [1.29, 1.82) is 11.1 Å². The van der Waals surface area contributed by atoms with Gasteiger partial charge in [-0.2, -0.15) is 0 Å². The van der Waals surface area contributed by atoms with Crippen LogP contribution in [0, 0.1) is 11.1 Å². The predicted molar refractivity (Wildman–Crippen MR) is 22.9 cm³/mol. The lowest BCUT2D eigenvalue weighted by Gasteiger charge is -1.68. The third-order valence-electron chi connectivity index (χ3n) is 0.191. The molecule has 32 valence electrons. The third-order valence-corrected chi connectivity index (χ3v) is 0.374. The Hall–Kier alpha value is -0.710. The van der Waals surface area contributed by atoms with Crippen molar-refractivity contribution in [3.05, 3.63) is 0 Å². The van der Waals surface area contributed by atoms with E-state index >= 15 is 0 Å². The summed E-state index contributed by atoms with van der Waals surface area (Å²) in [6.45, 7) is 0. The van der Waals surface area contributed by atoms with Gasteiger partial charge in [-0.15, -0.1) is 10.2 Å². The van der Waals surface area contributed by atoms with E-state index in [0.29, 0.717) is 0 Å². The average Bonchev–Trinajstić information content (AvgIpc) is 1.65. The molecule has 0 aromatic carbocycles. The summed E-state index contributed by atoms with van der Waals surface area (Å²) in [5.74, 6) is 0. The Balaban J connectivity index is 3.52. The lowest BCUT2D eigenvalue weighted by atomic mass is 11.2. The molecule has 0 aliphatic carbocycles. The second kappa shape index (κ2) is 2.52. The summed E-state index contributed by atoms with van der Waals surface area (Å²) in [5, 5.41) is 5.03. The van der Waals surface area contributed by atoms with E-state index in [2.05, 4.69) is 22.4 Å². The summed E-state index contributed by atoms with van der Waals surface area (Å²) in [6.07, 6.45) is 0. The van der Waals surface area contributed by atoms with E-state index in [9.17, 15) is 0 Å². The van der Waals surface area contributed by atoms with E-state index in [1.165, 1.54) is 0 Å². The van der Waals surface area contributed by atoms with E-state index in [0.717, 1.165) is 0 Å². The summed E-state index contributed by atoms with van der Waals surface area (Å²) in [7, 11) is 0. The van der Waals surface area contributed by atoms with E-state index in [1.807, 2.05) is 0 Å². The Bertz CT molecular complexity index is 75.5. The molecule has 0 aliphatic rings. The van der Waals surface area contributed by atoms with Gasteiger partial charge in [0.1, 0.15) is 0 Å². The maximum Gasteiger partial charge on any atom is 0.258 e. The van der Waals surface area contributed by atoms with Crippen LogP contribution in [0.2, 0.25) is 0 Å². The van der Waals surface area contributed by atoms with Gasteiger partial charge in [0.25, 0.3) is 5.11 Å². The second-order valence-corrected chi connectivity index (χ2v) is 0.871. The van der Waals surface area contributed by atoms with Gasteiger partial charge in [-0.3, -0.25) is 0 Å². The fourth-order valence-electron chi connectivity index (χ4n) is 0.0250. The number of hydrogen-bond donors (Lipinski definition) is 2. The van der Waals surface area contributed by atoms with Crippen LogP contribution in [0.1, 0.15) is 0 Å². The first-order valence-electron chi connectivity index (χ1n) is 1.10. The first-order valence-corrected chi connectivity index (χ1v) is 1.51. The van der Waals surface area contributed by atoms with E-state index in [1.54, 1.807) is 0 Å². The largest absolute Gasteiger partial charge is 0.258 e. The molecule has 0 radical (unpaired) electrons. The van der Waals surface area contributed by atoms with Crippen molar-refractivity contribution >= 4 is 17.3 Å². The Morgan fingerprint density at radius 3 is 1.67 bits per heavy atom. The molecule has 0 saturated carbocycles. The minimum absolute atomic E-state index is 0.241. The Kier molecular flexibility index (Phi) is 2.22. The summed E-state index contributed by atoms with van der Waals surface area (Å²) < 4.78 is 0. The van der Waals surface area contributed by atoms with Crippen molar-refractivity contribution in [3.8, 4) is 0 Å². The number of hydrogen-bond acceptors (Lipinski definition) is 3. The van der Waals surface area contributed by atoms with Crippen LogP contribution in [0.15, 0.2) is 10.2 Å².